The van der Waals surface area contributed by atoms with Gasteiger partial charge >= 0.3 is 5.97 Å². The smallest absolute Gasteiger partial charge is 0.357 e. The SMILES string of the molecule is CCOC1CC(c2ccc(C#N)cc2)N(OC(=O)c2ccccc2)C2CC12. The van der Waals surface area contributed by atoms with Crippen molar-refractivity contribution in [3.05, 3.63) is 71.3 Å². The third kappa shape index (κ3) is 3.59. The van der Waals surface area contributed by atoms with Crippen LogP contribution in [-0.2, 0) is 9.57 Å². The molecule has 2 aromatic carbocycles. The molecule has 4 atom stereocenters. The van der Waals surface area contributed by atoms with Gasteiger partial charge in [0.25, 0.3) is 0 Å². The molecule has 1 saturated carbocycles. The van der Waals surface area contributed by atoms with Crippen LogP contribution in [-0.4, -0.2) is 29.8 Å². The molecule has 0 spiro atoms. The summed E-state index contributed by atoms with van der Waals surface area (Å²) in [5.74, 6) is 0.0675. The minimum absolute atomic E-state index is 0.0781. The third-order valence-corrected chi connectivity index (χ3v) is 5.38. The molecule has 0 bridgehead atoms. The fraction of sp³-hybridized carbons (Fsp3) is 0.364. The number of hydrogen-bond donors (Lipinski definition) is 0. The highest BCUT2D eigenvalue weighted by Crippen LogP contribution is 2.51. The molecule has 1 aliphatic carbocycles. The summed E-state index contributed by atoms with van der Waals surface area (Å²) < 4.78 is 5.95. The maximum Gasteiger partial charge on any atom is 0.357 e. The quantitative estimate of drug-likeness (QED) is 0.808. The van der Waals surface area contributed by atoms with Crippen molar-refractivity contribution in [3.63, 3.8) is 0 Å². The van der Waals surface area contributed by atoms with E-state index >= 15 is 0 Å². The van der Waals surface area contributed by atoms with Gasteiger partial charge in [-0.2, -0.15) is 5.26 Å². The van der Waals surface area contributed by atoms with E-state index < -0.39 is 0 Å². The molecule has 2 fully saturated rings. The molecule has 1 saturated heterocycles. The summed E-state index contributed by atoms with van der Waals surface area (Å²) in [6.07, 6.45) is 1.91. The highest BCUT2D eigenvalue weighted by atomic mass is 16.7. The Balaban J connectivity index is 1.59. The minimum Gasteiger partial charge on any atom is -0.378 e. The lowest BCUT2D eigenvalue weighted by Crippen LogP contribution is -2.42. The van der Waals surface area contributed by atoms with E-state index in [0.717, 1.165) is 18.4 Å². The molecule has 4 rings (SSSR count). The maximum absolute atomic E-state index is 12.6. The van der Waals surface area contributed by atoms with Gasteiger partial charge in [0.15, 0.2) is 0 Å². The molecule has 1 heterocycles. The van der Waals surface area contributed by atoms with E-state index in [4.69, 9.17) is 14.8 Å². The Kier molecular flexibility index (Phi) is 4.93. The number of hydrogen-bond acceptors (Lipinski definition) is 5. The van der Waals surface area contributed by atoms with Gasteiger partial charge in [0.05, 0.1) is 35.4 Å². The summed E-state index contributed by atoms with van der Waals surface area (Å²) in [6, 6.07) is 18.8. The van der Waals surface area contributed by atoms with Crippen molar-refractivity contribution in [2.75, 3.05) is 6.61 Å². The average molecular weight is 362 g/mol. The Morgan fingerprint density at radius 1 is 1.15 bits per heavy atom. The Labute approximate surface area is 159 Å². The van der Waals surface area contributed by atoms with Crippen LogP contribution in [0.2, 0.25) is 0 Å². The molecular weight excluding hydrogens is 340 g/mol. The fourth-order valence-electron chi connectivity index (χ4n) is 3.94. The number of carbonyl (C=O) groups excluding carboxylic acids is 1. The van der Waals surface area contributed by atoms with Gasteiger partial charge in [0, 0.05) is 12.5 Å². The zero-order valence-electron chi connectivity index (χ0n) is 15.2. The first kappa shape index (κ1) is 17.7. The Bertz CT molecular complexity index is 844. The van der Waals surface area contributed by atoms with Gasteiger partial charge in [0.2, 0.25) is 0 Å². The van der Waals surface area contributed by atoms with Crippen LogP contribution >= 0.6 is 0 Å². The van der Waals surface area contributed by atoms with Crippen LogP contribution in [0, 0.1) is 17.2 Å². The van der Waals surface area contributed by atoms with Crippen molar-refractivity contribution in [2.24, 2.45) is 5.92 Å². The van der Waals surface area contributed by atoms with Crippen LogP contribution in [0.25, 0.3) is 0 Å². The first-order valence-electron chi connectivity index (χ1n) is 9.38. The normalized spacial score (nSPS) is 26.7. The highest BCUT2D eigenvalue weighted by molar-refractivity contribution is 5.89. The van der Waals surface area contributed by atoms with Crippen molar-refractivity contribution < 1.29 is 14.4 Å². The number of nitriles is 1. The zero-order chi connectivity index (χ0) is 18.8. The van der Waals surface area contributed by atoms with Gasteiger partial charge in [-0.05, 0) is 49.6 Å². The van der Waals surface area contributed by atoms with Crippen LogP contribution in [0.5, 0.6) is 0 Å². The van der Waals surface area contributed by atoms with Gasteiger partial charge < -0.3 is 9.57 Å². The minimum atomic E-state index is -0.338. The van der Waals surface area contributed by atoms with Crippen molar-refractivity contribution in [2.45, 2.75) is 38.0 Å². The first-order valence-corrected chi connectivity index (χ1v) is 9.38. The molecule has 0 amide bonds. The molecule has 138 valence electrons. The predicted octanol–water partition coefficient (Wildman–Crippen LogP) is 3.87. The number of nitrogens with zero attached hydrogens (tertiary/aromatic N) is 2. The number of hydroxylamine groups is 2. The van der Waals surface area contributed by atoms with E-state index in [2.05, 4.69) is 6.07 Å². The maximum atomic E-state index is 12.6. The van der Waals surface area contributed by atoms with Crippen molar-refractivity contribution >= 4 is 5.97 Å². The van der Waals surface area contributed by atoms with Gasteiger partial charge in [-0.15, -0.1) is 5.06 Å². The number of piperidine rings is 1. The molecule has 0 aromatic heterocycles. The molecule has 5 nitrogen and oxygen atoms in total. The summed E-state index contributed by atoms with van der Waals surface area (Å²) in [4.78, 5) is 18.5. The number of carbonyl (C=O) groups is 1. The zero-order valence-corrected chi connectivity index (χ0v) is 15.2. The summed E-state index contributed by atoms with van der Waals surface area (Å²) in [5.41, 5.74) is 2.19. The molecule has 2 aliphatic rings. The molecule has 27 heavy (non-hydrogen) atoms. The second kappa shape index (κ2) is 7.51. The van der Waals surface area contributed by atoms with Crippen molar-refractivity contribution in [3.8, 4) is 6.07 Å². The average Bonchev–Trinajstić information content (AvgIpc) is 3.52. The van der Waals surface area contributed by atoms with E-state index in [-0.39, 0.29) is 24.2 Å². The van der Waals surface area contributed by atoms with Crippen LogP contribution in [0.15, 0.2) is 54.6 Å². The lowest BCUT2D eigenvalue weighted by molar-refractivity contribution is -0.178. The standard InChI is InChI=1S/C22H22N2O3/c1-2-26-21-13-19(16-10-8-15(14-23)9-11-16)24(20-12-18(20)21)27-22(25)17-6-4-3-5-7-17/h3-11,18-21H,2,12-13H2,1H3. The largest absolute Gasteiger partial charge is 0.378 e. The second-order valence-electron chi connectivity index (χ2n) is 7.05. The van der Waals surface area contributed by atoms with Gasteiger partial charge in [-0.3, -0.25) is 0 Å². The molecule has 5 heteroatoms. The van der Waals surface area contributed by atoms with E-state index in [9.17, 15) is 4.79 Å². The van der Waals surface area contributed by atoms with Gasteiger partial charge in [-0.25, -0.2) is 4.79 Å². The Morgan fingerprint density at radius 2 is 1.89 bits per heavy atom. The second-order valence-corrected chi connectivity index (χ2v) is 7.05. The first-order chi connectivity index (χ1) is 13.2. The van der Waals surface area contributed by atoms with Gasteiger partial charge in [0.1, 0.15) is 0 Å². The fourth-order valence-corrected chi connectivity index (χ4v) is 3.94. The molecule has 0 radical (unpaired) electrons. The number of rotatable bonds is 5. The van der Waals surface area contributed by atoms with Crippen LogP contribution in [0.3, 0.4) is 0 Å². The van der Waals surface area contributed by atoms with E-state index in [1.807, 2.05) is 42.3 Å². The number of fused-ring (bicyclic) bond motifs is 1. The van der Waals surface area contributed by atoms with Crippen LogP contribution in [0.4, 0.5) is 0 Å². The predicted molar refractivity (Wildman–Crippen MR) is 99.5 cm³/mol. The van der Waals surface area contributed by atoms with E-state index in [1.165, 1.54) is 0 Å². The van der Waals surface area contributed by atoms with Crippen LogP contribution in [0.1, 0.15) is 47.3 Å². The molecule has 1 aliphatic heterocycles. The monoisotopic (exact) mass is 362 g/mol. The summed E-state index contributed by atoms with van der Waals surface area (Å²) >= 11 is 0. The van der Waals surface area contributed by atoms with Gasteiger partial charge in [-0.1, -0.05) is 30.3 Å². The molecular formula is C22H22N2O3. The summed E-state index contributed by atoms with van der Waals surface area (Å²) in [7, 11) is 0. The summed E-state index contributed by atoms with van der Waals surface area (Å²) in [6.45, 7) is 2.69. The Morgan fingerprint density at radius 3 is 2.56 bits per heavy atom. The molecule has 2 aromatic rings. The molecule has 4 unspecified atom stereocenters. The van der Waals surface area contributed by atoms with E-state index in [0.29, 0.717) is 23.7 Å². The topological polar surface area (TPSA) is 62.6 Å². The lowest BCUT2D eigenvalue weighted by atomic mass is 9.94. The highest BCUT2D eigenvalue weighted by Gasteiger charge is 2.56. The molecule has 0 N–H and O–H groups in total. The number of ether oxygens (including phenoxy) is 1. The van der Waals surface area contributed by atoms with Crippen molar-refractivity contribution in [1.29, 1.82) is 5.26 Å². The third-order valence-electron chi connectivity index (χ3n) is 5.38. The Hall–Kier alpha value is -2.68. The lowest BCUT2D eigenvalue weighted by Gasteiger charge is -2.37. The summed E-state index contributed by atoms with van der Waals surface area (Å²) in [5, 5.41) is 10.9. The van der Waals surface area contributed by atoms with Crippen molar-refractivity contribution in [1.82, 2.24) is 5.06 Å². The van der Waals surface area contributed by atoms with E-state index in [1.54, 1.807) is 24.3 Å². The van der Waals surface area contributed by atoms with Crippen LogP contribution < -0.4 is 0 Å². The number of benzene rings is 2.